The summed E-state index contributed by atoms with van der Waals surface area (Å²) < 4.78 is 0.802. The van der Waals surface area contributed by atoms with Crippen molar-refractivity contribution in [2.24, 2.45) is 0 Å². The van der Waals surface area contributed by atoms with Gasteiger partial charge in [-0.3, -0.25) is 0 Å². The molecule has 2 rings (SSSR count). The summed E-state index contributed by atoms with van der Waals surface area (Å²) in [4.78, 5) is 4.59. The normalized spacial score (nSPS) is 10.8. The fourth-order valence-electron chi connectivity index (χ4n) is 1.55. The number of benzene rings is 1. The number of hydrogen-bond acceptors (Lipinski definition) is 3. The molecule has 0 spiro atoms. The molecular formula is C13H15ClN2S. The maximum atomic E-state index is 6.19. The van der Waals surface area contributed by atoms with Crippen LogP contribution in [0, 0.1) is 6.92 Å². The SMILES string of the molecule is CNCCc1nc(-c2ccc(C)cc2)sc1Cl. The summed E-state index contributed by atoms with van der Waals surface area (Å²) >= 11 is 7.74. The first-order valence-corrected chi connectivity index (χ1v) is 6.77. The van der Waals surface area contributed by atoms with E-state index >= 15 is 0 Å². The number of likely N-dealkylation sites (N-methyl/N-ethyl adjacent to an activating group) is 1. The lowest BCUT2D eigenvalue weighted by Crippen LogP contribution is -2.10. The Morgan fingerprint density at radius 2 is 2.00 bits per heavy atom. The molecule has 0 aliphatic carbocycles. The van der Waals surface area contributed by atoms with Crippen LogP contribution in [0.15, 0.2) is 24.3 Å². The Morgan fingerprint density at radius 3 is 2.65 bits per heavy atom. The number of aromatic nitrogens is 1. The maximum absolute atomic E-state index is 6.19. The summed E-state index contributed by atoms with van der Waals surface area (Å²) in [6.07, 6.45) is 0.873. The van der Waals surface area contributed by atoms with Gasteiger partial charge in [0.25, 0.3) is 0 Å². The van der Waals surface area contributed by atoms with E-state index in [1.165, 1.54) is 5.56 Å². The van der Waals surface area contributed by atoms with Crippen LogP contribution >= 0.6 is 22.9 Å². The Kier molecular flexibility index (Phi) is 4.15. The summed E-state index contributed by atoms with van der Waals surface area (Å²) in [6, 6.07) is 8.37. The topological polar surface area (TPSA) is 24.9 Å². The second-order valence-corrected chi connectivity index (χ2v) is 5.56. The van der Waals surface area contributed by atoms with Gasteiger partial charge in [-0.2, -0.15) is 0 Å². The molecule has 0 radical (unpaired) electrons. The molecule has 1 heterocycles. The van der Waals surface area contributed by atoms with Crippen LogP contribution in [-0.4, -0.2) is 18.6 Å². The minimum atomic E-state index is 0.802. The van der Waals surface area contributed by atoms with Crippen LogP contribution in [0.4, 0.5) is 0 Å². The number of halogens is 1. The molecule has 0 atom stereocenters. The van der Waals surface area contributed by atoms with Crippen molar-refractivity contribution < 1.29 is 0 Å². The molecule has 0 bridgehead atoms. The third kappa shape index (κ3) is 3.06. The van der Waals surface area contributed by atoms with E-state index in [4.69, 9.17) is 11.6 Å². The average Bonchev–Trinajstić information content (AvgIpc) is 2.69. The molecule has 0 aliphatic heterocycles. The zero-order chi connectivity index (χ0) is 12.3. The van der Waals surface area contributed by atoms with Crippen LogP contribution in [0.25, 0.3) is 10.6 Å². The number of thiazole rings is 1. The molecule has 17 heavy (non-hydrogen) atoms. The maximum Gasteiger partial charge on any atom is 0.125 e. The number of nitrogens with zero attached hydrogens (tertiary/aromatic N) is 1. The third-order valence-corrected chi connectivity index (χ3v) is 3.94. The van der Waals surface area contributed by atoms with Crippen molar-refractivity contribution in [1.29, 1.82) is 0 Å². The predicted molar refractivity (Wildman–Crippen MR) is 74.9 cm³/mol. The van der Waals surface area contributed by atoms with Gasteiger partial charge in [-0.05, 0) is 14.0 Å². The highest BCUT2D eigenvalue weighted by Crippen LogP contribution is 2.31. The van der Waals surface area contributed by atoms with Crippen LogP contribution in [0.3, 0.4) is 0 Å². The first-order chi connectivity index (χ1) is 8.20. The van der Waals surface area contributed by atoms with Gasteiger partial charge in [0.1, 0.15) is 9.34 Å². The number of nitrogens with one attached hydrogen (secondary N) is 1. The Hall–Kier alpha value is -0.900. The predicted octanol–water partition coefficient (Wildman–Crippen LogP) is 3.53. The second-order valence-electron chi connectivity index (χ2n) is 3.96. The molecule has 0 unspecified atom stereocenters. The van der Waals surface area contributed by atoms with E-state index < -0.39 is 0 Å². The van der Waals surface area contributed by atoms with Crippen LogP contribution in [0.5, 0.6) is 0 Å². The number of aryl methyl sites for hydroxylation is 1. The third-order valence-electron chi connectivity index (χ3n) is 2.56. The summed E-state index contributed by atoms with van der Waals surface area (Å²) in [5.74, 6) is 0. The van der Waals surface area contributed by atoms with Gasteiger partial charge in [0, 0.05) is 18.5 Å². The van der Waals surface area contributed by atoms with Gasteiger partial charge in [0.15, 0.2) is 0 Å². The Labute approximate surface area is 111 Å². The monoisotopic (exact) mass is 266 g/mol. The zero-order valence-corrected chi connectivity index (χ0v) is 11.5. The van der Waals surface area contributed by atoms with E-state index in [2.05, 4.69) is 41.5 Å². The fraction of sp³-hybridized carbons (Fsp3) is 0.308. The molecule has 0 fully saturated rings. The van der Waals surface area contributed by atoms with Gasteiger partial charge in [0.05, 0.1) is 5.69 Å². The van der Waals surface area contributed by atoms with Gasteiger partial charge in [-0.1, -0.05) is 41.4 Å². The van der Waals surface area contributed by atoms with Crippen LogP contribution < -0.4 is 5.32 Å². The van der Waals surface area contributed by atoms with Crippen molar-refractivity contribution >= 4 is 22.9 Å². The molecule has 0 aliphatic rings. The quantitative estimate of drug-likeness (QED) is 0.916. The first kappa shape index (κ1) is 12.6. The van der Waals surface area contributed by atoms with E-state index in [1.807, 2.05) is 7.05 Å². The van der Waals surface area contributed by atoms with E-state index in [0.717, 1.165) is 33.6 Å². The van der Waals surface area contributed by atoms with Crippen molar-refractivity contribution in [2.45, 2.75) is 13.3 Å². The minimum absolute atomic E-state index is 0.802. The standard InChI is InChI=1S/C13H15ClN2S/c1-9-3-5-10(6-4-9)13-16-11(7-8-15-2)12(14)17-13/h3-6,15H,7-8H2,1-2H3. The summed E-state index contributed by atoms with van der Waals surface area (Å²) in [5, 5.41) is 4.11. The lowest BCUT2D eigenvalue weighted by Gasteiger charge is -1.97. The highest BCUT2D eigenvalue weighted by Gasteiger charge is 2.10. The first-order valence-electron chi connectivity index (χ1n) is 5.57. The molecular weight excluding hydrogens is 252 g/mol. The van der Waals surface area contributed by atoms with Gasteiger partial charge in [0.2, 0.25) is 0 Å². The van der Waals surface area contributed by atoms with Crippen molar-refractivity contribution in [3.8, 4) is 10.6 Å². The highest BCUT2D eigenvalue weighted by atomic mass is 35.5. The minimum Gasteiger partial charge on any atom is -0.319 e. The fourth-order valence-corrected chi connectivity index (χ4v) is 2.75. The molecule has 90 valence electrons. The van der Waals surface area contributed by atoms with Crippen LogP contribution in [-0.2, 0) is 6.42 Å². The lowest BCUT2D eigenvalue weighted by atomic mass is 10.2. The van der Waals surface area contributed by atoms with Gasteiger partial charge in [-0.25, -0.2) is 4.98 Å². The van der Waals surface area contributed by atoms with Gasteiger partial charge < -0.3 is 5.32 Å². The Balaban J connectivity index is 2.24. The molecule has 2 aromatic rings. The second kappa shape index (κ2) is 5.63. The summed E-state index contributed by atoms with van der Waals surface area (Å²) in [5.41, 5.74) is 3.38. The lowest BCUT2D eigenvalue weighted by molar-refractivity contribution is 0.781. The van der Waals surface area contributed by atoms with Crippen molar-refractivity contribution in [3.05, 3.63) is 39.9 Å². The molecule has 0 saturated heterocycles. The van der Waals surface area contributed by atoms with E-state index in [0.29, 0.717) is 0 Å². The summed E-state index contributed by atoms with van der Waals surface area (Å²) in [6.45, 7) is 2.98. The van der Waals surface area contributed by atoms with Gasteiger partial charge in [-0.15, -0.1) is 11.3 Å². The highest BCUT2D eigenvalue weighted by molar-refractivity contribution is 7.19. The Morgan fingerprint density at radius 1 is 1.29 bits per heavy atom. The largest absolute Gasteiger partial charge is 0.319 e. The summed E-state index contributed by atoms with van der Waals surface area (Å²) in [7, 11) is 1.93. The van der Waals surface area contributed by atoms with E-state index in [-0.39, 0.29) is 0 Å². The van der Waals surface area contributed by atoms with E-state index in [1.54, 1.807) is 11.3 Å². The average molecular weight is 267 g/mol. The molecule has 1 N–H and O–H groups in total. The molecule has 0 saturated carbocycles. The van der Waals surface area contributed by atoms with E-state index in [9.17, 15) is 0 Å². The zero-order valence-electron chi connectivity index (χ0n) is 9.96. The van der Waals surface area contributed by atoms with Crippen LogP contribution in [0.2, 0.25) is 4.34 Å². The molecule has 4 heteroatoms. The number of rotatable bonds is 4. The van der Waals surface area contributed by atoms with Crippen LogP contribution in [0.1, 0.15) is 11.3 Å². The molecule has 1 aromatic carbocycles. The van der Waals surface area contributed by atoms with Crippen molar-refractivity contribution in [1.82, 2.24) is 10.3 Å². The Bertz CT molecular complexity index is 491. The van der Waals surface area contributed by atoms with Crippen molar-refractivity contribution in [3.63, 3.8) is 0 Å². The van der Waals surface area contributed by atoms with Crippen molar-refractivity contribution in [2.75, 3.05) is 13.6 Å². The molecule has 0 amide bonds. The molecule has 1 aromatic heterocycles. The van der Waals surface area contributed by atoms with Gasteiger partial charge >= 0.3 is 0 Å². The smallest absolute Gasteiger partial charge is 0.125 e. The number of hydrogen-bond donors (Lipinski definition) is 1. The molecule has 2 nitrogen and oxygen atoms in total.